The van der Waals surface area contributed by atoms with E-state index in [9.17, 15) is 0 Å². The average molecular weight is 393 g/mol. The van der Waals surface area contributed by atoms with Crippen LogP contribution in [0.15, 0.2) is 0 Å². The molecular weight excluding hydrogens is 355 g/mol. The molecule has 0 rings (SSSR count). The Labute approximate surface area is 128 Å². The van der Waals surface area contributed by atoms with Crippen molar-refractivity contribution in [2.24, 2.45) is 0 Å². The van der Waals surface area contributed by atoms with Crippen LogP contribution >= 0.6 is 0 Å². The third kappa shape index (κ3) is 10.4. The van der Waals surface area contributed by atoms with Crippen molar-refractivity contribution in [2.45, 2.75) is 92.2 Å². The molecule has 0 amide bonds. The van der Waals surface area contributed by atoms with Crippen LogP contribution in [0.25, 0.3) is 0 Å². The van der Waals surface area contributed by atoms with Gasteiger partial charge in [-0.1, -0.05) is 0 Å². The zero-order chi connectivity index (χ0) is 14.8. The monoisotopic (exact) mass is 394 g/mol. The molecule has 0 saturated heterocycles. The van der Waals surface area contributed by atoms with Crippen LogP contribution in [0.5, 0.6) is 0 Å². The van der Waals surface area contributed by atoms with E-state index in [4.69, 9.17) is 3.07 Å². The van der Waals surface area contributed by atoms with Crippen molar-refractivity contribution >= 4 is 26.9 Å². The van der Waals surface area contributed by atoms with E-state index in [-0.39, 0.29) is 0 Å². The molecule has 0 radical (unpaired) electrons. The third-order valence-corrected chi connectivity index (χ3v) is 18.6. The summed E-state index contributed by atoms with van der Waals surface area (Å²) in [4.78, 5) is 0. The second kappa shape index (κ2) is 10.7. The van der Waals surface area contributed by atoms with Gasteiger partial charge in [0.25, 0.3) is 0 Å². The van der Waals surface area contributed by atoms with Crippen LogP contribution in [0.3, 0.4) is 0 Å². The average Bonchev–Trinajstić information content (AvgIpc) is 2.36. The van der Waals surface area contributed by atoms with E-state index in [1.54, 1.807) is 0 Å². The summed E-state index contributed by atoms with van der Waals surface area (Å²) in [6.07, 6.45) is 9.38. The normalized spacial score (nSPS) is 12.9. The summed E-state index contributed by atoms with van der Waals surface area (Å²) in [7, 11) is -1.05. The van der Waals surface area contributed by atoms with E-state index in [0.717, 1.165) is 6.23 Å². The standard InChI is InChI=1S/C4H11OSi.3C4H9.Sn/c1-6(2,3)4-5;3*1-3-4-2;/h4H2,1-3H3;3*1,3-4H2,2H3;/q-1;;;;+1. The van der Waals surface area contributed by atoms with Crippen LogP contribution in [0.2, 0.25) is 33.0 Å². The van der Waals surface area contributed by atoms with Gasteiger partial charge in [0.2, 0.25) is 0 Å². The van der Waals surface area contributed by atoms with Crippen molar-refractivity contribution < 1.29 is 3.07 Å². The molecule has 0 aromatic carbocycles. The van der Waals surface area contributed by atoms with Gasteiger partial charge in [-0.2, -0.15) is 0 Å². The minimum atomic E-state index is -2.27. The van der Waals surface area contributed by atoms with Crippen molar-refractivity contribution in [3.63, 3.8) is 0 Å². The number of hydrogen-bond donors (Lipinski definition) is 0. The topological polar surface area (TPSA) is 9.23 Å². The summed E-state index contributed by atoms with van der Waals surface area (Å²) in [5.74, 6) is 0. The van der Waals surface area contributed by atoms with Crippen LogP contribution in [-0.2, 0) is 3.07 Å². The predicted octanol–water partition coefficient (Wildman–Crippen LogP) is 6.23. The molecule has 0 aliphatic heterocycles. The van der Waals surface area contributed by atoms with Crippen LogP contribution in [-0.4, -0.2) is 33.1 Å². The molecule has 19 heavy (non-hydrogen) atoms. The Kier molecular flexibility index (Phi) is 11.2. The Balaban J connectivity index is 4.66. The summed E-state index contributed by atoms with van der Waals surface area (Å²) in [6, 6.07) is 0. The van der Waals surface area contributed by atoms with Crippen LogP contribution in [0, 0.1) is 0 Å². The molecule has 0 heterocycles. The molecular formula is C16H38OSiSn. The Hall–Kier alpha value is 0.976. The zero-order valence-corrected chi connectivity index (χ0v) is 18.3. The SMILES string of the molecule is CCC[CH2][Sn]([CH2]CCC)([CH2]CCC)[O]C[Si](C)(C)C. The van der Waals surface area contributed by atoms with Gasteiger partial charge < -0.3 is 0 Å². The molecule has 0 aromatic heterocycles. The maximum atomic E-state index is 6.77. The van der Waals surface area contributed by atoms with Gasteiger partial charge in [-0.25, -0.2) is 0 Å². The molecule has 0 saturated carbocycles. The van der Waals surface area contributed by atoms with Gasteiger partial charge in [0.05, 0.1) is 0 Å². The molecule has 0 unspecified atom stereocenters. The molecule has 0 bridgehead atoms. The van der Waals surface area contributed by atoms with E-state index in [2.05, 4.69) is 40.4 Å². The van der Waals surface area contributed by atoms with Crippen LogP contribution in [0.1, 0.15) is 59.3 Å². The Bertz CT molecular complexity index is 192. The molecule has 116 valence electrons. The van der Waals surface area contributed by atoms with Crippen molar-refractivity contribution in [1.29, 1.82) is 0 Å². The first-order chi connectivity index (χ1) is 8.89. The van der Waals surface area contributed by atoms with Gasteiger partial charge in [-0.15, -0.1) is 0 Å². The fourth-order valence-corrected chi connectivity index (χ4v) is 21.4. The summed E-state index contributed by atoms with van der Waals surface area (Å²) >= 11 is -2.27. The number of unbranched alkanes of at least 4 members (excludes halogenated alkanes) is 3. The molecule has 0 N–H and O–H groups in total. The minimum absolute atomic E-state index is 1.05. The number of hydrogen-bond acceptors (Lipinski definition) is 1. The maximum absolute atomic E-state index is 6.77. The first-order valence-electron chi connectivity index (χ1n) is 8.53. The predicted molar refractivity (Wildman–Crippen MR) is 94.2 cm³/mol. The quantitative estimate of drug-likeness (QED) is 0.358. The second-order valence-corrected chi connectivity index (χ2v) is 24.6. The first-order valence-corrected chi connectivity index (χ1v) is 19.5. The first kappa shape index (κ1) is 20.0. The summed E-state index contributed by atoms with van der Waals surface area (Å²) < 4.78 is 11.2. The summed E-state index contributed by atoms with van der Waals surface area (Å²) in [6.45, 7) is 14.3. The van der Waals surface area contributed by atoms with Crippen molar-refractivity contribution in [1.82, 2.24) is 0 Å². The molecule has 0 aromatic rings. The summed E-state index contributed by atoms with van der Waals surface area (Å²) in [5.41, 5.74) is 0. The summed E-state index contributed by atoms with van der Waals surface area (Å²) in [5, 5.41) is 0. The molecule has 0 aliphatic carbocycles. The van der Waals surface area contributed by atoms with Gasteiger partial charge in [0.15, 0.2) is 0 Å². The van der Waals surface area contributed by atoms with Gasteiger partial charge in [0.1, 0.15) is 0 Å². The van der Waals surface area contributed by atoms with E-state index >= 15 is 0 Å². The van der Waals surface area contributed by atoms with Gasteiger partial charge in [-0.3, -0.25) is 0 Å². The third-order valence-electron chi connectivity index (χ3n) is 3.77. The van der Waals surface area contributed by atoms with Gasteiger partial charge >= 0.3 is 128 Å². The second-order valence-electron chi connectivity index (χ2n) is 7.34. The van der Waals surface area contributed by atoms with Crippen molar-refractivity contribution in [3.8, 4) is 0 Å². The van der Waals surface area contributed by atoms with E-state index in [1.807, 2.05) is 0 Å². The Morgan fingerprint density at radius 3 is 1.37 bits per heavy atom. The fourth-order valence-electron chi connectivity index (χ4n) is 2.46. The number of rotatable bonds is 12. The molecule has 0 aliphatic rings. The molecule has 1 nitrogen and oxygen atoms in total. The van der Waals surface area contributed by atoms with Gasteiger partial charge in [0, 0.05) is 0 Å². The Morgan fingerprint density at radius 1 is 0.737 bits per heavy atom. The fraction of sp³-hybridized carbons (Fsp3) is 1.00. The van der Waals surface area contributed by atoms with E-state index in [0.29, 0.717) is 0 Å². The van der Waals surface area contributed by atoms with E-state index in [1.165, 1.54) is 51.8 Å². The van der Waals surface area contributed by atoms with E-state index < -0.39 is 26.9 Å². The Morgan fingerprint density at radius 2 is 1.11 bits per heavy atom. The molecule has 0 atom stereocenters. The molecule has 0 fully saturated rings. The molecule has 0 spiro atoms. The molecule has 3 heteroatoms. The van der Waals surface area contributed by atoms with Crippen molar-refractivity contribution in [2.75, 3.05) is 6.23 Å². The van der Waals surface area contributed by atoms with Crippen molar-refractivity contribution in [3.05, 3.63) is 0 Å². The van der Waals surface area contributed by atoms with Gasteiger partial charge in [-0.05, 0) is 0 Å². The van der Waals surface area contributed by atoms with Crippen LogP contribution in [0.4, 0.5) is 0 Å². The zero-order valence-electron chi connectivity index (χ0n) is 14.5. The van der Waals surface area contributed by atoms with Crippen LogP contribution < -0.4 is 0 Å².